The van der Waals surface area contributed by atoms with Crippen LogP contribution in [0, 0.1) is 6.92 Å². The van der Waals surface area contributed by atoms with E-state index in [1.165, 1.54) is 6.07 Å². The van der Waals surface area contributed by atoms with E-state index in [2.05, 4.69) is 9.68 Å². The lowest BCUT2D eigenvalue weighted by Crippen LogP contribution is -1.92. The van der Waals surface area contributed by atoms with Crippen LogP contribution in [0.2, 0.25) is 0 Å². The molecule has 0 unspecified atom stereocenters. The summed E-state index contributed by atoms with van der Waals surface area (Å²) in [5.41, 5.74) is -0.183. The molecule has 0 atom stereocenters. The van der Waals surface area contributed by atoms with Gasteiger partial charge in [0, 0.05) is 6.07 Å². The maximum Gasteiger partial charge on any atom is 0.280 e. The van der Waals surface area contributed by atoms with Crippen molar-refractivity contribution in [2.24, 2.45) is 0 Å². The molecule has 0 fully saturated rings. The minimum atomic E-state index is -0.183. The number of hydrogen-bond acceptors (Lipinski definition) is 2. The van der Waals surface area contributed by atoms with Crippen LogP contribution in [0.25, 0.3) is 0 Å². The van der Waals surface area contributed by atoms with Gasteiger partial charge in [-0.3, -0.25) is 4.79 Å². The fourth-order valence-corrected chi connectivity index (χ4v) is 0.374. The monoisotopic (exact) mass is 159 g/mol. The van der Waals surface area contributed by atoms with Crippen molar-refractivity contribution in [1.82, 2.24) is 5.16 Å². The summed E-state index contributed by atoms with van der Waals surface area (Å²) in [6, 6.07) is 1.39. The molecule has 0 saturated carbocycles. The number of hydrogen-bond donors (Lipinski definition) is 1. The fraction of sp³-hybridized carbons (Fsp3) is 0.625. The van der Waals surface area contributed by atoms with Crippen molar-refractivity contribution >= 4 is 0 Å². The predicted octanol–water partition coefficient (Wildman–Crippen LogP) is 2.33. The van der Waals surface area contributed by atoms with Gasteiger partial charge in [-0.05, 0) is 6.92 Å². The van der Waals surface area contributed by atoms with Gasteiger partial charge in [0.2, 0.25) is 0 Å². The Morgan fingerprint density at radius 3 is 1.82 bits per heavy atom. The van der Waals surface area contributed by atoms with Crippen LogP contribution in [0.15, 0.2) is 15.4 Å². The molecule has 0 aromatic carbocycles. The van der Waals surface area contributed by atoms with Gasteiger partial charge in [0.1, 0.15) is 5.76 Å². The van der Waals surface area contributed by atoms with Gasteiger partial charge in [0.05, 0.1) is 0 Å². The van der Waals surface area contributed by atoms with E-state index in [0.29, 0.717) is 5.76 Å². The standard InChI is InChI=1S/C4H5NO2.2C2H6/c1-3-2-4(6)5-7-3;2*1-2/h2H,1H3,(H,5,6);2*1-2H3. The number of aryl methyl sites for hydroxylation is 1. The van der Waals surface area contributed by atoms with E-state index < -0.39 is 0 Å². The van der Waals surface area contributed by atoms with Gasteiger partial charge in [-0.15, -0.1) is 0 Å². The third-order valence-corrected chi connectivity index (χ3v) is 0.647. The summed E-state index contributed by atoms with van der Waals surface area (Å²) in [4.78, 5) is 10.1. The van der Waals surface area contributed by atoms with Crippen molar-refractivity contribution in [1.29, 1.82) is 0 Å². The first-order valence-corrected chi connectivity index (χ1v) is 3.94. The third kappa shape index (κ3) is 6.90. The predicted molar refractivity (Wildman–Crippen MR) is 46.8 cm³/mol. The van der Waals surface area contributed by atoms with Gasteiger partial charge in [-0.2, -0.15) is 5.16 Å². The quantitative estimate of drug-likeness (QED) is 0.631. The second-order valence-corrected chi connectivity index (χ2v) is 1.32. The van der Waals surface area contributed by atoms with Crippen molar-refractivity contribution in [3.63, 3.8) is 0 Å². The number of nitrogens with one attached hydrogen (secondary N) is 1. The van der Waals surface area contributed by atoms with Crippen LogP contribution in [0.1, 0.15) is 33.5 Å². The van der Waals surface area contributed by atoms with Crippen LogP contribution in [0.4, 0.5) is 0 Å². The minimum Gasteiger partial charge on any atom is -0.384 e. The zero-order valence-electron chi connectivity index (χ0n) is 7.89. The van der Waals surface area contributed by atoms with E-state index in [4.69, 9.17) is 0 Å². The highest BCUT2D eigenvalue weighted by Gasteiger charge is 1.85. The van der Waals surface area contributed by atoms with Crippen molar-refractivity contribution in [2.45, 2.75) is 34.6 Å². The SMILES string of the molecule is CC.CC.Cc1cc(=O)[nH]o1. The van der Waals surface area contributed by atoms with Crippen LogP contribution in [-0.4, -0.2) is 5.16 Å². The number of rotatable bonds is 0. The van der Waals surface area contributed by atoms with Crippen LogP contribution in [0.5, 0.6) is 0 Å². The molecule has 1 N–H and O–H groups in total. The first kappa shape index (κ1) is 12.7. The molecule has 0 bridgehead atoms. The largest absolute Gasteiger partial charge is 0.384 e. The summed E-state index contributed by atoms with van der Waals surface area (Å²) in [6.45, 7) is 9.71. The van der Waals surface area contributed by atoms with Crippen molar-refractivity contribution in [3.8, 4) is 0 Å². The Bertz CT molecular complexity index is 200. The molecule has 1 heterocycles. The third-order valence-electron chi connectivity index (χ3n) is 0.647. The van der Waals surface area contributed by atoms with Gasteiger partial charge in [-0.1, -0.05) is 27.7 Å². The van der Waals surface area contributed by atoms with E-state index in [1.807, 2.05) is 27.7 Å². The first-order chi connectivity index (χ1) is 5.29. The van der Waals surface area contributed by atoms with Crippen molar-refractivity contribution in [3.05, 3.63) is 22.2 Å². The first-order valence-electron chi connectivity index (χ1n) is 3.94. The number of aromatic nitrogens is 1. The maximum absolute atomic E-state index is 10.1. The average molecular weight is 159 g/mol. The molecular weight excluding hydrogens is 142 g/mol. The van der Waals surface area contributed by atoms with E-state index in [1.54, 1.807) is 6.92 Å². The normalized spacial score (nSPS) is 7.00. The number of H-pyrrole nitrogens is 1. The summed E-state index contributed by atoms with van der Waals surface area (Å²) in [5, 5.41) is 2.14. The second-order valence-electron chi connectivity index (χ2n) is 1.32. The second kappa shape index (κ2) is 9.01. The Morgan fingerprint density at radius 2 is 1.73 bits per heavy atom. The zero-order valence-corrected chi connectivity index (χ0v) is 7.89. The molecular formula is C8H17NO2. The Labute approximate surface area is 67.4 Å². The topological polar surface area (TPSA) is 46.0 Å². The van der Waals surface area contributed by atoms with Crippen LogP contribution in [0.3, 0.4) is 0 Å². The Kier molecular flexibility index (Phi) is 10.4. The molecule has 0 aliphatic heterocycles. The molecule has 1 aromatic rings. The van der Waals surface area contributed by atoms with Crippen LogP contribution >= 0.6 is 0 Å². The Morgan fingerprint density at radius 1 is 1.27 bits per heavy atom. The Balaban J connectivity index is 0. The van der Waals surface area contributed by atoms with Crippen LogP contribution < -0.4 is 5.56 Å². The number of aromatic amines is 1. The van der Waals surface area contributed by atoms with E-state index >= 15 is 0 Å². The van der Waals surface area contributed by atoms with Crippen LogP contribution in [-0.2, 0) is 0 Å². The van der Waals surface area contributed by atoms with Gasteiger partial charge >= 0.3 is 0 Å². The minimum absolute atomic E-state index is 0.183. The van der Waals surface area contributed by atoms with Crippen molar-refractivity contribution in [2.75, 3.05) is 0 Å². The Hall–Kier alpha value is -0.990. The summed E-state index contributed by atoms with van der Waals surface area (Å²) in [5.74, 6) is 0.616. The molecule has 0 amide bonds. The highest BCUT2D eigenvalue weighted by atomic mass is 16.5. The lowest BCUT2D eigenvalue weighted by molar-refractivity contribution is 0.392. The lowest BCUT2D eigenvalue weighted by atomic mass is 10.5. The maximum atomic E-state index is 10.1. The fourth-order valence-electron chi connectivity index (χ4n) is 0.374. The molecule has 0 radical (unpaired) electrons. The van der Waals surface area contributed by atoms with Gasteiger partial charge in [0.15, 0.2) is 0 Å². The van der Waals surface area contributed by atoms with Gasteiger partial charge in [-0.25, -0.2) is 0 Å². The van der Waals surface area contributed by atoms with E-state index in [0.717, 1.165) is 0 Å². The highest BCUT2D eigenvalue weighted by Crippen LogP contribution is 1.83. The molecule has 0 aliphatic carbocycles. The molecule has 66 valence electrons. The molecule has 3 nitrogen and oxygen atoms in total. The van der Waals surface area contributed by atoms with E-state index in [9.17, 15) is 4.79 Å². The summed E-state index contributed by atoms with van der Waals surface area (Å²) in [7, 11) is 0. The highest BCUT2D eigenvalue weighted by molar-refractivity contribution is 4.88. The smallest absolute Gasteiger partial charge is 0.280 e. The lowest BCUT2D eigenvalue weighted by Gasteiger charge is -1.66. The molecule has 0 saturated heterocycles. The van der Waals surface area contributed by atoms with Gasteiger partial charge in [0.25, 0.3) is 5.56 Å². The van der Waals surface area contributed by atoms with Crippen molar-refractivity contribution < 1.29 is 4.52 Å². The van der Waals surface area contributed by atoms with E-state index in [-0.39, 0.29) is 5.56 Å². The molecule has 0 spiro atoms. The zero-order chi connectivity index (χ0) is 9.28. The molecule has 11 heavy (non-hydrogen) atoms. The average Bonchev–Trinajstić information content (AvgIpc) is 2.43. The molecule has 0 aliphatic rings. The summed E-state index contributed by atoms with van der Waals surface area (Å²) < 4.78 is 4.53. The summed E-state index contributed by atoms with van der Waals surface area (Å²) >= 11 is 0. The summed E-state index contributed by atoms with van der Waals surface area (Å²) in [6.07, 6.45) is 0. The molecule has 3 heteroatoms. The molecule has 1 rings (SSSR count). The molecule has 1 aromatic heterocycles. The van der Waals surface area contributed by atoms with Gasteiger partial charge < -0.3 is 4.52 Å².